The first-order chi connectivity index (χ1) is 9.24. The predicted octanol–water partition coefficient (Wildman–Crippen LogP) is 3.21. The van der Waals surface area contributed by atoms with E-state index in [1.807, 2.05) is 6.07 Å². The Balaban J connectivity index is 0.00000147. The number of nitrogens with one attached hydrogen (secondary N) is 1. The number of fused-ring (bicyclic) bond motifs is 2. The maximum atomic E-state index is 5.28. The molecule has 0 amide bonds. The summed E-state index contributed by atoms with van der Waals surface area (Å²) in [4.78, 5) is 2.57. The summed E-state index contributed by atoms with van der Waals surface area (Å²) in [6, 6.07) is 7.85. The topological polar surface area (TPSA) is 24.5 Å². The Morgan fingerprint density at radius 1 is 1.30 bits per heavy atom. The number of benzene rings is 1. The maximum absolute atomic E-state index is 5.28. The largest absolute Gasteiger partial charge is 0.496 e. The van der Waals surface area contributed by atoms with Gasteiger partial charge in [-0.2, -0.15) is 0 Å². The van der Waals surface area contributed by atoms with Crippen molar-refractivity contribution in [1.82, 2.24) is 10.2 Å². The van der Waals surface area contributed by atoms with Gasteiger partial charge in [0.1, 0.15) is 5.75 Å². The zero-order valence-corrected chi connectivity index (χ0v) is 14.2. The minimum Gasteiger partial charge on any atom is -0.496 e. The molecule has 1 aromatic carbocycles. The molecule has 0 spiro atoms. The molecule has 2 heterocycles. The molecule has 0 aromatic heterocycles. The lowest BCUT2D eigenvalue weighted by Crippen LogP contribution is -2.34. The third-order valence-corrected chi connectivity index (χ3v) is 4.85. The van der Waals surface area contributed by atoms with Gasteiger partial charge in [0.15, 0.2) is 0 Å². The molecule has 0 radical (unpaired) electrons. The van der Waals surface area contributed by atoms with Crippen molar-refractivity contribution in [3.8, 4) is 5.75 Å². The summed E-state index contributed by atoms with van der Waals surface area (Å²) in [5.74, 6) is 0.903. The number of hydrogen-bond acceptors (Lipinski definition) is 3. The number of likely N-dealkylation sites (tertiary alicyclic amines) is 1. The fraction of sp³-hybridized carbons (Fsp3) is 0.600. The summed E-state index contributed by atoms with van der Waals surface area (Å²) >= 11 is 3.56. The van der Waals surface area contributed by atoms with Crippen LogP contribution in [0.15, 0.2) is 22.7 Å². The molecule has 2 aliphatic heterocycles. The van der Waals surface area contributed by atoms with E-state index in [1.54, 1.807) is 7.11 Å². The van der Waals surface area contributed by atoms with E-state index < -0.39 is 0 Å². The first kappa shape index (κ1) is 16.1. The predicted molar refractivity (Wildman–Crippen MR) is 87.8 cm³/mol. The van der Waals surface area contributed by atoms with Gasteiger partial charge in [0.25, 0.3) is 0 Å². The van der Waals surface area contributed by atoms with Gasteiger partial charge in [-0.25, -0.2) is 0 Å². The van der Waals surface area contributed by atoms with Crippen LogP contribution in [0.4, 0.5) is 0 Å². The van der Waals surface area contributed by atoms with E-state index >= 15 is 0 Å². The van der Waals surface area contributed by atoms with E-state index in [0.717, 1.165) is 22.8 Å². The fourth-order valence-electron chi connectivity index (χ4n) is 3.23. The fourth-order valence-corrected chi connectivity index (χ4v) is 3.81. The van der Waals surface area contributed by atoms with Crippen molar-refractivity contribution in [2.45, 2.75) is 37.9 Å². The van der Waals surface area contributed by atoms with Gasteiger partial charge in [0, 0.05) is 31.7 Å². The molecule has 5 heteroatoms. The molecule has 2 saturated heterocycles. The van der Waals surface area contributed by atoms with Crippen LogP contribution in [0.25, 0.3) is 0 Å². The molecule has 0 aliphatic carbocycles. The second-order valence-electron chi connectivity index (χ2n) is 5.63. The quantitative estimate of drug-likeness (QED) is 0.895. The number of methoxy groups -OCH3 is 1. The lowest BCUT2D eigenvalue weighted by atomic mass is 10.1. The van der Waals surface area contributed by atoms with Crippen LogP contribution in [0, 0.1) is 0 Å². The zero-order valence-electron chi connectivity index (χ0n) is 11.8. The third kappa shape index (κ3) is 3.67. The van der Waals surface area contributed by atoms with Crippen LogP contribution < -0.4 is 10.1 Å². The molecule has 2 fully saturated rings. The van der Waals surface area contributed by atoms with Crippen LogP contribution in [0.1, 0.15) is 24.8 Å². The van der Waals surface area contributed by atoms with Crippen molar-refractivity contribution < 1.29 is 4.74 Å². The van der Waals surface area contributed by atoms with Gasteiger partial charge in [-0.1, -0.05) is 6.07 Å². The number of hydrogen-bond donors (Lipinski definition) is 1. The first-order valence-corrected chi connectivity index (χ1v) is 7.84. The molecule has 2 aliphatic rings. The monoisotopic (exact) mass is 360 g/mol. The van der Waals surface area contributed by atoms with E-state index in [1.165, 1.54) is 37.9 Å². The van der Waals surface area contributed by atoms with Crippen LogP contribution in [-0.2, 0) is 6.54 Å². The molecular formula is C15H22BrClN2O. The van der Waals surface area contributed by atoms with Crippen LogP contribution in [0.2, 0.25) is 0 Å². The highest BCUT2D eigenvalue weighted by molar-refractivity contribution is 9.10. The van der Waals surface area contributed by atoms with Crippen molar-refractivity contribution in [1.29, 1.82) is 0 Å². The van der Waals surface area contributed by atoms with Gasteiger partial charge >= 0.3 is 0 Å². The average molecular weight is 362 g/mol. The van der Waals surface area contributed by atoms with Gasteiger partial charge in [0.05, 0.1) is 11.6 Å². The number of halogens is 2. The Bertz CT molecular complexity index is 457. The summed E-state index contributed by atoms with van der Waals surface area (Å²) in [5.41, 5.74) is 1.35. The molecule has 3 nitrogen and oxygen atoms in total. The molecule has 20 heavy (non-hydrogen) atoms. The molecule has 1 N–H and O–H groups in total. The van der Waals surface area contributed by atoms with Gasteiger partial charge in [-0.05, 0) is 52.9 Å². The van der Waals surface area contributed by atoms with Gasteiger partial charge in [-0.15, -0.1) is 12.4 Å². The normalized spacial score (nSPS) is 25.9. The van der Waals surface area contributed by atoms with Gasteiger partial charge in [-0.3, -0.25) is 4.90 Å². The number of ether oxygens (including phenoxy) is 1. The molecule has 112 valence electrons. The standard InChI is InChI=1S/C15H21BrN2O.ClH/c1-19-15-5-2-11(8-14(15)16)9-18-7-6-12-3-4-13(10-18)17-12;/h2,5,8,12-13,17H,3-4,6-7,9-10H2,1H3;1H. The lowest BCUT2D eigenvalue weighted by molar-refractivity contribution is 0.251. The highest BCUT2D eigenvalue weighted by atomic mass is 79.9. The highest BCUT2D eigenvalue weighted by Gasteiger charge is 2.29. The van der Waals surface area contributed by atoms with E-state index in [4.69, 9.17) is 4.74 Å². The smallest absolute Gasteiger partial charge is 0.133 e. The van der Waals surface area contributed by atoms with Crippen molar-refractivity contribution in [3.05, 3.63) is 28.2 Å². The van der Waals surface area contributed by atoms with Crippen LogP contribution in [-0.4, -0.2) is 37.2 Å². The van der Waals surface area contributed by atoms with E-state index in [2.05, 4.69) is 38.3 Å². The average Bonchev–Trinajstić information content (AvgIpc) is 2.73. The maximum Gasteiger partial charge on any atom is 0.133 e. The van der Waals surface area contributed by atoms with Crippen LogP contribution in [0.3, 0.4) is 0 Å². The molecular weight excluding hydrogens is 340 g/mol. The van der Waals surface area contributed by atoms with Crippen LogP contribution >= 0.6 is 28.3 Å². The van der Waals surface area contributed by atoms with Crippen LogP contribution in [0.5, 0.6) is 5.75 Å². The van der Waals surface area contributed by atoms with Gasteiger partial charge in [0.2, 0.25) is 0 Å². The van der Waals surface area contributed by atoms with Crippen molar-refractivity contribution in [3.63, 3.8) is 0 Å². The Morgan fingerprint density at radius 3 is 2.85 bits per heavy atom. The van der Waals surface area contributed by atoms with E-state index in [9.17, 15) is 0 Å². The Morgan fingerprint density at radius 2 is 2.10 bits per heavy atom. The first-order valence-electron chi connectivity index (χ1n) is 7.05. The third-order valence-electron chi connectivity index (χ3n) is 4.23. The minimum atomic E-state index is 0. The summed E-state index contributed by atoms with van der Waals surface area (Å²) < 4.78 is 6.32. The molecule has 2 bridgehead atoms. The van der Waals surface area contributed by atoms with E-state index in [-0.39, 0.29) is 12.4 Å². The summed E-state index contributed by atoms with van der Waals surface area (Å²) in [5, 5.41) is 3.73. The molecule has 2 unspecified atom stereocenters. The second-order valence-corrected chi connectivity index (χ2v) is 6.48. The Kier molecular flexibility index (Phi) is 5.73. The molecule has 0 saturated carbocycles. The highest BCUT2D eigenvalue weighted by Crippen LogP contribution is 2.27. The van der Waals surface area contributed by atoms with Crippen molar-refractivity contribution in [2.24, 2.45) is 0 Å². The second kappa shape index (κ2) is 7.12. The molecule has 2 atom stereocenters. The summed E-state index contributed by atoms with van der Waals surface area (Å²) in [7, 11) is 1.71. The Hall–Kier alpha value is -0.290. The SMILES string of the molecule is COc1ccc(CN2CCC3CCC(C2)N3)cc1Br.Cl. The summed E-state index contributed by atoms with van der Waals surface area (Å²) in [6.45, 7) is 3.42. The molecule has 3 rings (SSSR count). The van der Waals surface area contributed by atoms with Crippen molar-refractivity contribution in [2.75, 3.05) is 20.2 Å². The Labute approximate surface area is 135 Å². The van der Waals surface area contributed by atoms with Crippen molar-refractivity contribution >= 4 is 28.3 Å². The summed E-state index contributed by atoms with van der Waals surface area (Å²) in [6.07, 6.45) is 3.99. The van der Waals surface area contributed by atoms with E-state index in [0.29, 0.717) is 6.04 Å². The lowest BCUT2D eigenvalue weighted by Gasteiger charge is -2.24. The number of nitrogens with zero attached hydrogens (tertiary/aromatic N) is 1. The minimum absolute atomic E-state index is 0. The van der Waals surface area contributed by atoms with Gasteiger partial charge < -0.3 is 10.1 Å². The molecule has 1 aromatic rings. The number of rotatable bonds is 3. The zero-order chi connectivity index (χ0) is 13.2.